The summed E-state index contributed by atoms with van der Waals surface area (Å²) >= 11 is 0. The molecule has 27 heavy (non-hydrogen) atoms. The van der Waals surface area contributed by atoms with Crippen LogP contribution in [-0.2, 0) is 6.54 Å². The number of hydrogen-bond donors (Lipinski definition) is 2. The summed E-state index contributed by atoms with van der Waals surface area (Å²) in [5.41, 5.74) is 2.49. The number of ketones is 1. The highest BCUT2D eigenvalue weighted by atomic mass is 16.5. The monoisotopic (exact) mass is 360 g/mol. The molecule has 0 fully saturated rings. The molecule has 3 aromatic rings. The van der Waals surface area contributed by atoms with Gasteiger partial charge in [0.25, 0.3) is 0 Å². The second-order valence-corrected chi connectivity index (χ2v) is 5.90. The first-order valence-corrected chi connectivity index (χ1v) is 8.54. The molecule has 0 aliphatic rings. The van der Waals surface area contributed by atoms with Gasteiger partial charge in [-0.05, 0) is 23.8 Å². The van der Waals surface area contributed by atoms with Crippen LogP contribution in [0, 0.1) is 0 Å². The lowest BCUT2D eigenvalue weighted by molar-refractivity contribution is 0.103. The van der Waals surface area contributed by atoms with Crippen molar-refractivity contribution in [2.45, 2.75) is 6.54 Å². The fraction of sp³-hybridized carbons (Fsp3) is 0.0909. The van der Waals surface area contributed by atoms with Crippen molar-refractivity contribution in [1.82, 2.24) is 5.32 Å². The number of amides is 2. The van der Waals surface area contributed by atoms with Crippen molar-refractivity contribution < 1.29 is 14.3 Å². The van der Waals surface area contributed by atoms with Gasteiger partial charge in [-0.1, -0.05) is 60.7 Å². The average Bonchev–Trinajstić information content (AvgIpc) is 2.73. The van der Waals surface area contributed by atoms with Gasteiger partial charge in [0.05, 0.1) is 12.8 Å². The van der Waals surface area contributed by atoms with Crippen molar-refractivity contribution in [3.63, 3.8) is 0 Å². The van der Waals surface area contributed by atoms with E-state index in [2.05, 4.69) is 10.6 Å². The van der Waals surface area contributed by atoms with E-state index in [1.807, 2.05) is 48.5 Å². The molecule has 0 saturated heterocycles. The number of anilines is 1. The topological polar surface area (TPSA) is 67.4 Å². The Morgan fingerprint density at radius 3 is 2.19 bits per heavy atom. The molecule has 5 nitrogen and oxygen atoms in total. The Balaban J connectivity index is 1.73. The first kappa shape index (κ1) is 18.2. The third-order valence-electron chi connectivity index (χ3n) is 4.04. The molecule has 5 heteroatoms. The van der Waals surface area contributed by atoms with Crippen LogP contribution in [0.3, 0.4) is 0 Å². The zero-order valence-corrected chi connectivity index (χ0v) is 14.9. The Hall–Kier alpha value is -3.60. The van der Waals surface area contributed by atoms with E-state index in [-0.39, 0.29) is 11.8 Å². The minimum Gasteiger partial charge on any atom is -0.495 e. The van der Waals surface area contributed by atoms with Crippen molar-refractivity contribution in [3.8, 4) is 5.75 Å². The van der Waals surface area contributed by atoms with Gasteiger partial charge < -0.3 is 15.4 Å². The molecular formula is C22H20N2O3. The van der Waals surface area contributed by atoms with E-state index in [9.17, 15) is 9.59 Å². The maximum Gasteiger partial charge on any atom is 0.319 e. The van der Waals surface area contributed by atoms with Crippen molar-refractivity contribution in [2.75, 3.05) is 12.4 Å². The Bertz CT molecular complexity index is 925. The molecule has 3 rings (SSSR count). The van der Waals surface area contributed by atoms with Gasteiger partial charge in [-0.3, -0.25) is 4.79 Å². The predicted octanol–water partition coefficient (Wildman–Crippen LogP) is 4.25. The van der Waals surface area contributed by atoms with Crippen LogP contribution in [-0.4, -0.2) is 18.9 Å². The molecule has 0 unspecified atom stereocenters. The van der Waals surface area contributed by atoms with Crippen LogP contribution in [0.2, 0.25) is 0 Å². The fourth-order valence-corrected chi connectivity index (χ4v) is 2.65. The number of ether oxygens (including phenoxy) is 1. The molecule has 136 valence electrons. The van der Waals surface area contributed by atoms with Gasteiger partial charge in [0, 0.05) is 17.7 Å². The molecule has 0 aliphatic heterocycles. The number of nitrogens with one attached hydrogen (secondary N) is 2. The molecule has 0 heterocycles. The number of methoxy groups -OCH3 is 1. The van der Waals surface area contributed by atoms with E-state index in [1.54, 1.807) is 30.3 Å². The lowest BCUT2D eigenvalue weighted by Gasteiger charge is -2.13. The molecule has 0 saturated carbocycles. The second-order valence-electron chi connectivity index (χ2n) is 5.90. The van der Waals surface area contributed by atoms with Crippen LogP contribution in [0.15, 0.2) is 78.9 Å². The van der Waals surface area contributed by atoms with Crippen LogP contribution in [0.4, 0.5) is 10.5 Å². The summed E-state index contributed by atoms with van der Waals surface area (Å²) in [6.07, 6.45) is 0. The summed E-state index contributed by atoms with van der Waals surface area (Å²) in [5, 5.41) is 5.54. The normalized spacial score (nSPS) is 10.1. The molecule has 2 N–H and O–H groups in total. The summed E-state index contributed by atoms with van der Waals surface area (Å²) in [4.78, 5) is 24.9. The zero-order chi connectivity index (χ0) is 19.1. The molecule has 0 radical (unpaired) electrons. The summed E-state index contributed by atoms with van der Waals surface area (Å²) in [6, 6.07) is 23.2. The Labute approximate surface area is 158 Å². The summed E-state index contributed by atoms with van der Waals surface area (Å²) in [5.74, 6) is 0.362. The van der Waals surface area contributed by atoms with E-state index >= 15 is 0 Å². The van der Waals surface area contributed by atoms with Crippen LogP contribution < -0.4 is 15.4 Å². The van der Waals surface area contributed by atoms with E-state index in [4.69, 9.17) is 4.74 Å². The highest BCUT2D eigenvalue weighted by Crippen LogP contribution is 2.26. The van der Waals surface area contributed by atoms with Crippen LogP contribution in [0.1, 0.15) is 21.5 Å². The summed E-state index contributed by atoms with van der Waals surface area (Å²) < 4.78 is 5.30. The van der Waals surface area contributed by atoms with Gasteiger partial charge in [-0.2, -0.15) is 0 Å². The van der Waals surface area contributed by atoms with Crippen LogP contribution >= 0.6 is 0 Å². The molecule has 0 bridgehead atoms. The summed E-state index contributed by atoms with van der Waals surface area (Å²) in [6.45, 7) is 0.400. The lowest BCUT2D eigenvalue weighted by atomic mass is 10.0. The van der Waals surface area contributed by atoms with Gasteiger partial charge in [0.15, 0.2) is 5.78 Å². The quantitative estimate of drug-likeness (QED) is 0.646. The molecule has 0 spiro atoms. The van der Waals surface area contributed by atoms with Crippen LogP contribution in [0.25, 0.3) is 0 Å². The van der Waals surface area contributed by atoms with Crippen LogP contribution in [0.5, 0.6) is 5.75 Å². The van der Waals surface area contributed by atoms with E-state index in [1.165, 1.54) is 7.11 Å². The number of carbonyl (C=O) groups is 2. The van der Waals surface area contributed by atoms with Crippen molar-refractivity contribution >= 4 is 17.5 Å². The van der Waals surface area contributed by atoms with Crippen molar-refractivity contribution in [2.24, 2.45) is 0 Å². The summed E-state index contributed by atoms with van der Waals surface area (Å²) in [7, 11) is 1.51. The fourth-order valence-electron chi connectivity index (χ4n) is 2.65. The van der Waals surface area contributed by atoms with Gasteiger partial charge in [0.2, 0.25) is 0 Å². The number of rotatable bonds is 6. The highest BCUT2D eigenvalue weighted by Gasteiger charge is 2.13. The largest absolute Gasteiger partial charge is 0.495 e. The molecule has 0 atom stereocenters. The average molecular weight is 360 g/mol. The number of benzene rings is 3. The predicted molar refractivity (Wildman–Crippen MR) is 105 cm³/mol. The molecule has 3 aromatic carbocycles. The van der Waals surface area contributed by atoms with Gasteiger partial charge in [0.1, 0.15) is 5.75 Å². The van der Waals surface area contributed by atoms with E-state index in [0.29, 0.717) is 29.1 Å². The minimum absolute atomic E-state index is 0.119. The zero-order valence-electron chi connectivity index (χ0n) is 14.9. The SMILES string of the molecule is COc1ccc(C(=O)c2ccccc2)cc1NC(=O)NCc1ccccc1. The van der Waals surface area contributed by atoms with Crippen molar-refractivity contribution in [3.05, 3.63) is 95.6 Å². The van der Waals surface area contributed by atoms with Crippen molar-refractivity contribution in [1.29, 1.82) is 0 Å². The second kappa shape index (κ2) is 8.67. The molecular weight excluding hydrogens is 340 g/mol. The Morgan fingerprint density at radius 1 is 0.852 bits per heavy atom. The number of hydrogen-bond acceptors (Lipinski definition) is 3. The number of urea groups is 1. The third-order valence-corrected chi connectivity index (χ3v) is 4.04. The van der Waals surface area contributed by atoms with Gasteiger partial charge in [-0.25, -0.2) is 4.79 Å². The molecule has 0 aliphatic carbocycles. The highest BCUT2D eigenvalue weighted by molar-refractivity contribution is 6.10. The Morgan fingerprint density at radius 2 is 1.52 bits per heavy atom. The maximum atomic E-state index is 12.6. The van der Waals surface area contributed by atoms with Gasteiger partial charge >= 0.3 is 6.03 Å². The van der Waals surface area contributed by atoms with E-state index in [0.717, 1.165) is 5.56 Å². The third kappa shape index (κ3) is 4.73. The molecule has 2 amide bonds. The van der Waals surface area contributed by atoms with Gasteiger partial charge in [-0.15, -0.1) is 0 Å². The first-order chi connectivity index (χ1) is 13.2. The van der Waals surface area contributed by atoms with E-state index < -0.39 is 0 Å². The maximum absolute atomic E-state index is 12.6. The smallest absolute Gasteiger partial charge is 0.319 e. The Kier molecular flexibility index (Phi) is 5.84. The lowest BCUT2D eigenvalue weighted by Crippen LogP contribution is -2.28. The number of carbonyl (C=O) groups excluding carboxylic acids is 2. The minimum atomic E-state index is -0.374. The molecule has 0 aromatic heterocycles. The first-order valence-electron chi connectivity index (χ1n) is 8.54. The standard InChI is InChI=1S/C22H20N2O3/c1-27-20-13-12-18(21(25)17-10-6-3-7-11-17)14-19(20)24-22(26)23-15-16-8-4-2-5-9-16/h2-14H,15H2,1H3,(H2,23,24,26).